The van der Waals surface area contributed by atoms with E-state index in [-0.39, 0.29) is 17.8 Å². The van der Waals surface area contributed by atoms with Crippen LogP contribution in [-0.4, -0.2) is 31.1 Å². The van der Waals surface area contributed by atoms with Crippen molar-refractivity contribution >= 4 is 23.6 Å². The third-order valence-corrected chi connectivity index (χ3v) is 4.22. The minimum Gasteiger partial charge on any atom is -0.376 e. The van der Waals surface area contributed by atoms with Gasteiger partial charge in [-0.1, -0.05) is 24.3 Å². The van der Waals surface area contributed by atoms with Gasteiger partial charge in [0.25, 0.3) is 5.91 Å². The molecule has 2 N–H and O–H groups in total. The van der Waals surface area contributed by atoms with Crippen molar-refractivity contribution in [3.05, 3.63) is 71.6 Å². The predicted molar refractivity (Wildman–Crippen MR) is 102 cm³/mol. The summed E-state index contributed by atoms with van der Waals surface area (Å²) in [4.78, 5) is 24.6. The highest BCUT2D eigenvalue weighted by Gasteiger charge is 2.18. The molecule has 0 bridgehead atoms. The average Bonchev–Trinajstić information content (AvgIpc) is 3.19. The average molecular weight is 368 g/mol. The van der Waals surface area contributed by atoms with Crippen LogP contribution < -0.4 is 10.6 Å². The summed E-state index contributed by atoms with van der Waals surface area (Å²) in [6.07, 6.45) is 4.80. The molecule has 1 aliphatic rings. The van der Waals surface area contributed by atoms with Crippen molar-refractivity contribution in [2.24, 2.45) is 0 Å². The van der Waals surface area contributed by atoms with Gasteiger partial charge in [0.2, 0.25) is 5.91 Å². The van der Waals surface area contributed by atoms with E-state index >= 15 is 0 Å². The molecular formula is C21H21FN2O3. The summed E-state index contributed by atoms with van der Waals surface area (Å²) in [6, 6.07) is 12.7. The zero-order valence-electron chi connectivity index (χ0n) is 14.8. The van der Waals surface area contributed by atoms with Crippen LogP contribution in [0.5, 0.6) is 0 Å². The summed E-state index contributed by atoms with van der Waals surface area (Å²) >= 11 is 0. The van der Waals surface area contributed by atoms with Gasteiger partial charge in [-0.15, -0.1) is 0 Å². The van der Waals surface area contributed by atoms with Crippen molar-refractivity contribution < 1.29 is 18.7 Å². The van der Waals surface area contributed by atoms with Crippen LogP contribution in [0.15, 0.2) is 54.6 Å². The number of amides is 2. The number of carbonyl (C=O) groups excluding carboxylic acids is 2. The highest BCUT2D eigenvalue weighted by Crippen LogP contribution is 2.16. The van der Waals surface area contributed by atoms with E-state index < -0.39 is 5.91 Å². The van der Waals surface area contributed by atoms with Crippen LogP contribution in [0.1, 0.15) is 28.8 Å². The molecule has 140 valence electrons. The number of halogens is 1. The number of hydrogen-bond acceptors (Lipinski definition) is 3. The Labute approximate surface area is 157 Å². The third-order valence-electron chi connectivity index (χ3n) is 4.22. The first kappa shape index (κ1) is 18.8. The highest BCUT2D eigenvalue weighted by atomic mass is 19.1. The fourth-order valence-electron chi connectivity index (χ4n) is 2.85. The number of anilines is 1. The molecule has 0 spiro atoms. The van der Waals surface area contributed by atoms with Crippen LogP contribution in [0.4, 0.5) is 10.1 Å². The molecule has 2 aromatic rings. The van der Waals surface area contributed by atoms with E-state index in [1.165, 1.54) is 24.3 Å². The molecule has 1 fully saturated rings. The van der Waals surface area contributed by atoms with Crippen molar-refractivity contribution in [3.8, 4) is 0 Å². The number of nitrogens with one attached hydrogen (secondary N) is 2. The van der Waals surface area contributed by atoms with Crippen LogP contribution in [0.3, 0.4) is 0 Å². The van der Waals surface area contributed by atoms with Gasteiger partial charge < -0.3 is 15.4 Å². The van der Waals surface area contributed by atoms with E-state index in [0.29, 0.717) is 23.4 Å². The Kier molecular flexibility index (Phi) is 6.33. The maximum absolute atomic E-state index is 13.2. The SMILES string of the molecule is O=C(/C=C/c1cccc(F)c1)Nc1ccccc1C(=O)NCC1CCCO1. The van der Waals surface area contributed by atoms with Gasteiger partial charge in [-0.2, -0.15) is 0 Å². The molecule has 3 rings (SSSR count). The highest BCUT2D eigenvalue weighted by molar-refractivity contribution is 6.07. The number of carbonyl (C=O) groups is 2. The molecule has 0 saturated carbocycles. The Morgan fingerprint density at radius 1 is 1.19 bits per heavy atom. The minimum atomic E-state index is -0.404. The molecule has 2 amide bonds. The Balaban J connectivity index is 1.62. The second-order valence-electron chi connectivity index (χ2n) is 6.27. The molecular weight excluding hydrogens is 347 g/mol. The molecule has 0 aromatic heterocycles. The molecule has 0 aliphatic carbocycles. The lowest BCUT2D eigenvalue weighted by atomic mass is 10.1. The van der Waals surface area contributed by atoms with Crippen molar-refractivity contribution in [3.63, 3.8) is 0 Å². The van der Waals surface area contributed by atoms with E-state index in [0.717, 1.165) is 19.4 Å². The molecule has 1 unspecified atom stereocenters. The lowest BCUT2D eigenvalue weighted by Gasteiger charge is -2.13. The molecule has 0 radical (unpaired) electrons. The third kappa shape index (κ3) is 5.49. The number of rotatable bonds is 6. The van der Waals surface area contributed by atoms with Gasteiger partial charge in [0.1, 0.15) is 5.82 Å². The Hall–Kier alpha value is -2.99. The fourth-order valence-corrected chi connectivity index (χ4v) is 2.85. The molecule has 1 aliphatic heterocycles. The number of ether oxygens (including phenoxy) is 1. The largest absolute Gasteiger partial charge is 0.376 e. The second-order valence-corrected chi connectivity index (χ2v) is 6.27. The quantitative estimate of drug-likeness (QED) is 0.768. The van der Waals surface area contributed by atoms with Crippen LogP contribution in [-0.2, 0) is 9.53 Å². The number of benzene rings is 2. The lowest BCUT2D eigenvalue weighted by Crippen LogP contribution is -2.32. The van der Waals surface area contributed by atoms with Crippen molar-refractivity contribution in [2.75, 3.05) is 18.5 Å². The summed E-state index contributed by atoms with van der Waals surface area (Å²) in [5.41, 5.74) is 1.37. The van der Waals surface area contributed by atoms with Gasteiger partial charge in [0, 0.05) is 19.2 Å². The van der Waals surface area contributed by atoms with Gasteiger partial charge in [0.05, 0.1) is 17.4 Å². The van der Waals surface area contributed by atoms with E-state index in [2.05, 4.69) is 10.6 Å². The van der Waals surface area contributed by atoms with Crippen molar-refractivity contribution in [1.82, 2.24) is 5.32 Å². The zero-order chi connectivity index (χ0) is 19.1. The van der Waals surface area contributed by atoms with Crippen LogP contribution in [0.2, 0.25) is 0 Å². The summed E-state index contributed by atoms with van der Waals surface area (Å²) in [6.45, 7) is 1.17. The maximum atomic E-state index is 13.2. The molecule has 5 nitrogen and oxygen atoms in total. The first-order valence-corrected chi connectivity index (χ1v) is 8.85. The van der Waals surface area contributed by atoms with Crippen LogP contribution in [0, 0.1) is 5.82 Å². The summed E-state index contributed by atoms with van der Waals surface area (Å²) in [5, 5.41) is 5.54. The van der Waals surface area contributed by atoms with Crippen molar-refractivity contribution in [2.45, 2.75) is 18.9 Å². The second kappa shape index (κ2) is 9.09. The van der Waals surface area contributed by atoms with Crippen LogP contribution >= 0.6 is 0 Å². The first-order chi connectivity index (χ1) is 13.1. The molecule has 1 saturated heterocycles. The molecule has 1 heterocycles. The molecule has 2 aromatic carbocycles. The summed E-state index contributed by atoms with van der Waals surface area (Å²) in [5.74, 6) is -1.04. The Morgan fingerprint density at radius 2 is 2.04 bits per heavy atom. The van der Waals surface area contributed by atoms with E-state index in [1.54, 1.807) is 36.4 Å². The normalized spacial score (nSPS) is 16.4. The van der Waals surface area contributed by atoms with Gasteiger partial charge in [-0.25, -0.2) is 4.39 Å². The van der Waals surface area contributed by atoms with E-state index in [9.17, 15) is 14.0 Å². The minimum absolute atomic E-state index is 0.0462. The lowest BCUT2D eigenvalue weighted by molar-refractivity contribution is -0.111. The molecule has 6 heteroatoms. The smallest absolute Gasteiger partial charge is 0.253 e. The van der Waals surface area contributed by atoms with Gasteiger partial charge >= 0.3 is 0 Å². The predicted octanol–water partition coefficient (Wildman–Crippen LogP) is 3.39. The Bertz CT molecular complexity index is 845. The van der Waals surface area contributed by atoms with E-state index in [1.807, 2.05) is 0 Å². The van der Waals surface area contributed by atoms with E-state index in [4.69, 9.17) is 4.74 Å². The Morgan fingerprint density at radius 3 is 2.81 bits per heavy atom. The summed E-state index contributed by atoms with van der Waals surface area (Å²) < 4.78 is 18.7. The molecule has 27 heavy (non-hydrogen) atoms. The maximum Gasteiger partial charge on any atom is 0.253 e. The zero-order valence-corrected chi connectivity index (χ0v) is 14.8. The first-order valence-electron chi connectivity index (χ1n) is 8.85. The monoisotopic (exact) mass is 368 g/mol. The van der Waals surface area contributed by atoms with Gasteiger partial charge in [0.15, 0.2) is 0 Å². The number of para-hydroxylation sites is 1. The number of hydrogen-bond donors (Lipinski definition) is 2. The van der Waals surface area contributed by atoms with Gasteiger partial charge in [-0.3, -0.25) is 9.59 Å². The fraction of sp³-hybridized carbons (Fsp3) is 0.238. The summed E-state index contributed by atoms with van der Waals surface area (Å²) in [7, 11) is 0. The van der Waals surface area contributed by atoms with Crippen LogP contribution in [0.25, 0.3) is 6.08 Å². The van der Waals surface area contributed by atoms with Gasteiger partial charge in [-0.05, 0) is 48.7 Å². The molecule has 1 atom stereocenters. The van der Waals surface area contributed by atoms with Crippen molar-refractivity contribution in [1.29, 1.82) is 0 Å². The topological polar surface area (TPSA) is 67.4 Å². The standard InChI is InChI=1S/C21H21FN2O3/c22-16-6-3-5-15(13-16)10-11-20(25)24-19-9-2-1-8-18(19)21(26)23-14-17-7-4-12-27-17/h1-3,5-6,8-11,13,17H,4,7,12,14H2,(H,23,26)(H,24,25)/b11-10+.